The summed E-state index contributed by atoms with van der Waals surface area (Å²) in [5.41, 5.74) is 4.60. The molecule has 3 N–H and O–H groups in total. The molecule has 0 fully saturated rings. The number of aromatic nitrogens is 1. The van der Waals surface area contributed by atoms with Crippen LogP contribution in [0.3, 0.4) is 0 Å². The van der Waals surface area contributed by atoms with E-state index in [-0.39, 0.29) is 31.3 Å². The quantitative estimate of drug-likeness (QED) is 0.438. The van der Waals surface area contributed by atoms with Crippen molar-refractivity contribution in [2.45, 2.75) is 19.3 Å². The monoisotopic (exact) mass is 489 g/mol. The van der Waals surface area contributed by atoms with Crippen LogP contribution in [-0.4, -0.2) is 47.8 Å². The van der Waals surface area contributed by atoms with E-state index in [4.69, 9.17) is 9.84 Å². The molecule has 0 saturated carbocycles. The molecule has 1 aliphatic rings. The average molecular weight is 490 g/mol. The number of carboxylic acid groups (broad SMARTS) is 1. The van der Waals surface area contributed by atoms with Crippen LogP contribution >= 0.6 is 11.3 Å². The molecule has 0 radical (unpaired) electrons. The Hall–Kier alpha value is -4.16. The van der Waals surface area contributed by atoms with Crippen molar-refractivity contribution in [1.82, 2.24) is 15.6 Å². The molecule has 35 heavy (non-hydrogen) atoms. The van der Waals surface area contributed by atoms with E-state index < -0.39 is 18.0 Å². The molecule has 1 heterocycles. The smallest absolute Gasteiger partial charge is 0.407 e. The molecule has 0 atom stereocenters. The van der Waals surface area contributed by atoms with Crippen LogP contribution in [0.2, 0.25) is 0 Å². The molecule has 9 heteroatoms. The Bertz CT molecular complexity index is 1290. The van der Waals surface area contributed by atoms with Gasteiger partial charge in [0.25, 0.3) is 5.91 Å². The summed E-state index contributed by atoms with van der Waals surface area (Å²) in [5, 5.41) is 14.8. The molecular formula is C26H23N3O5S. The Balaban J connectivity index is 1.19. The van der Waals surface area contributed by atoms with Crippen molar-refractivity contribution < 1.29 is 24.2 Å². The Morgan fingerprint density at radius 2 is 1.71 bits per heavy atom. The summed E-state index contributed by atoms with van der Waals surface area (Å²) >= 11 is 1.28. The van der Waals surface area contributed by atoms with Crippen LogP contribution in [0.5, 0.6) is 0 Å². The molecule has 0 aliphatic heterocycles. The zero-order valence-electron chi connectivity index (χ0n) is 19.0. The molecule has 1 aliphatic carbocycles. The molecule has 178 valence electrons. The lowest BCUT2D eigenvalue weighted by atomic mass is 9.98. The highest BCUT2D eigenvalue weighted by Gasteiger charge is 2.28. The number of carbonyl (C=O) groups is 3. The number of amides is 2. The number of fused-ring (bicyclic) bond motifs is 3. The number of hydrogen-bond acceptors (Lipinski definition) is 6. The topological polar surface area (TPSA) is 118 Å². The summed E-state index contributed by atoms with van der Waals surface area (Å²) in [6.45, 7) is 2.14. The first kappa shape index (κ1) is 24.0. The normalized spacial score (nSPS) is 11.6. The lowest BCUT2D eigenvalue weighted by Crippen LogP contribution is -2.27. The Labute approximate surface area is 206 Å². The van der Waals surface area contributed by atoms with Gasteiger partial charge >= 0.3 is 12.1 Å². The van der Waals surface area contributed by atoms with Gasteiger partial charge in [-0.3, -0.25) is 4.79 Å². The fourth-order valence-electron chi connectivity index (χ4n) is 3.97. The first-order valence-corrected chi connectivity index (χ1v) is 11.8. The third kappa shape index (κ3) is 5.67. The van der Waals surface area contributed by atoms with Gasteiger partial charge in [0.15, 0.2) is 5.69 Å². The predicted octanol–water partition coefficient (Wildman–Crippen LogP) is 3.35. The maximum atomic E-state index is 12.1. The van der Waals surface area contributed by atoms with Crippen LogP contribution in [0.1, 0.15) is 37.4 Å². The van der Waals surface area contributed by atoms with Crippen LogP contribution in [0, 0.1) is 18.8 Å². The summed E-state index contributed by atoms with van der Waals surface area (Å²) in [6.07, 6.45) is -0.195. The second-order valence-electron chi connectivity index (χ2n) is 7.80. The van der Waals surface area contributed by atoms with Crippen molar-refractivity contribution in [3.63, 3.8) is 0 Å². The van der Waals surface area contributed by atoms with E-state index in [0.29, 0.717) is 16.3 Å². The number of rotatable bonds is 7. The lowest BCUT2D eigenvalue weighted by molar-refractivity contribution is -0.115. The van der Waals surface area contributed by atoms with Gasteiger partial charge < -0.3 is 20.5 Å². The van der Waals surface area contributed by atoms with E-state index in [0.717, 1.165) is 22.3 Å². The predicted molar refractivity (Wildman–Crippen MR) is 131 cm³/mol. The Morgan fingerprint density at radius 1 is 1.06 bits per heavy atom. The lowest BCUT2D eigenvalue weighted by Gasteiger charge is -2.14. The molecule has 2 amide bonds. The first-order chi connectivity index (χ1) is 16.9. The van der Waals surface area contributed by atoms with E-state index in [9.17, 15) is 14.4 Å². The summed E-state index contributed by atoms with van der Waals surface area (Å²) in [4.78, 5) is 39.7. The highest BCUT2D eigenvalue weighted by Crippen LogP contribution is 2.44. The molecule has 0 spiro atoms. The van der Waals surface area contributed by atoms with E-state index in [1.54, 1.807) is 6.92 Å². The van der Waals surface area contributed by atoms with Gasteiger partial charge in [0.2, 0.25) is 0 Å². The number of benzene rings is 2. The first-order valence-electron chi connectivity index (χ1n) is 11.0. The largest absolute Gasteiger partial charge is 0.476 e. The molecule has 2 aromatic carbocycles. The zero-order valence-corrected chi connectivity index (χ0v) is 19.8. The number of nitrogens with one attached hydrogen (secondary N) is 2. The van der Waals surface area contributed by atoms with Gasteiger partial charge in [0.05, 0.1) is 11.6 Å². The number of nitrogens with zero attached hydrogens (tertiary/aromatic N) is 1. The summed E-state index contributed by atoms with van der Waals surface area (Å²) < 4.78 is 5.42. The standard InChI is InChI=1S/C26H23N3O5S/c1-16-24(25(31)32)29-23(35-16)12-14-27-22(30)11-6-13-28-26(33)34-15-21-19-9-4-2-7-17(19)18-8-3-5-10-20(18)21/h2-5,7-10,21H,12-15H2,1H3,(H,27,30)(H,28,33)(H,31,32). The fourth-order valence-corrected chi connectivity index (χ4v) is 4.90. The van der Waals surface area contributed by atoms with E-state index in [2.05, 4.69) is 39.6 Å². The Morgan fingerprint density at radius 3 is 2.34 bits per heavy atom. The van der Waals surface area contributed by atoms with Crippen LogP contribution in [0.15, 0.2) is 48.5 Å². The highest BCUT2D eigenvalue weighted by molar-refractivity contribution is 7.11. The number of hydrogen-bond donors (Lipinski definition) is 3. The van der Waals surface area contributed by atoms with Crippen molar-refractivity contribution >= 4 is 29.3 Å². The van der Waals surface area contributed by atoms with Gasteiger partial charge in [-0.05, 0) is 35.1 Å². The van der Waals surface area contributed by atoms with Gasteiger partial charge in [-0.15, -0.1) is 11.3 Å². The second kappa shape index (κ2) is 10.8. The van der Waals surface area contributed by atoms with Crippen LogP contribution in [0.25, 0.3) is 11.1 Å². The Kier molecular flexibility index (Phi) is 7.43. The minimum absolute atomic E-state index is 0.0294. The minimum atomic E-state index is -1.07. The van der Waals surface area contributed by atoms with Crippen molar-refractivity contribution in [1.29, 1.82) is 0 Å². The number of carbonyl (C=O) groups excluding carboxylic acids is 2. The summed E-state index contributed by atoms with van der Waals surface area (Å²) in [5.74, 6) is 3.40. The molecule has 3 aromatic rings. The van der Waals surface area contributed by atoms with Crippen molar-refractivity contribution in [3.05, 3.63) is 75.2 Å². The zero-order chi connectivity index (χ0) is 24.8. The third-order valence-electron chi connectivity index (χ3n) is 5.53. The van der Waals surface area contributed by atoms with Crippen molar-refractivity contribution in [3.8, 4) is 23.0 Å². The number of aromatic carboxylic acids is 1. The molecule has 0 saturated heterocycles. The van der Waals surface area contributed by atoms with Gasteiger partial charge in [-0.1, -0.05) is 54.5 Å². The third-order valence-corrected chi connectivity index (χ3v) is 6.57. The van der Waals surface area contributed by atoms with Crippen LogP contribution in [-0.2, 0) is 16.0 Å². The molecule has 1 aromatic heterocycles. The minimum Gasteiger partial charge on any atom is -0.476 e. The number of aryl methyl sites for hydroxylation is 1. The summed E-state index contributed by atoms with van der Waals surface area (Å²) in [7, 11) is 0. The maximum absolute atomic E-state index is 12.1. The van der Waals surface area contributed by atoms with E-state index in [1.165, 1.54) is 11.3 Å². The molecule has 0 unspecified atom stereocenters. The van der Waals surface area contributed by atoms with E-state index in [1.807, 2.05) is 36.4 Å². The molecule has 0 bridgehead atoms. The number of carboxylic acids is 1. The van der Waals surface area contributed by atoms with Crippen LogP contribution < -0.4 is 10.6 Å². The van der Waals surface area contributed by atoms with Crippen molar-refractivity contribution in [2.24, 2.45) is 0 Å². The second-order valence-corrected chi connectivity index (χ2v) is 9.09. The fraction of sp³-hybridized carbons (Fsp3) is 0.231. The van der Waals surface area contributed by atoms with Gasteiger partial charge in [-0.2, -0.15) is 0 Å². The van der Waals surface area contributed by atoms with Crippen molar-refractivity contribution in [2.75, 3.05) is 19.7 Å². The van der Waals surface area contributed by atoms with Crippen LogP contribution in [0.4, 0.5) is 4.79 Å². The van der Waals surface area contributed by atoms with Gasteiger partial charge in [-0.25, -0.2) is 14.6 Å². The van der Waals surface area contributed by atoms with Gasteiger partial charge in [0, 0.05) is 23.8 Å². The average Bonchev–Trinajstić information content (AvgIpc) is 3.38. The molecule has 4 rings (SSSR count). The number of thiazole rings is 1. The summed E-state index contributed by atoms with van der Waals surface area (Å²) in [6, 6.07) is 16.2. The SMILES string of the molecule is Cc1sc(CCNC(=O)C#CCNC(=O)OCC2c3ccccc3-c3ccccc32)nc1C(=O)O. The van der Waals surface area contributed by atoms with E-state index >= 15 is 0 Å². The molecular weight excluding hydrogens is 466 g/mol. The highest BCUT2D eigenvalue weighted by atomic mass is 32.1. The maximum Gasteiger partial charge on any atom is 0.407 e. The molecule has 8 nitrogen and oxygen atoms in total. The van der Waals surface area contributed by atoms with Gasteiger partial charge in [0.1, 0.15) is 6.61 Å². The number of alkyl carbamates (subject to hydrolysis) is 1. The number of ether oxygens (including phenoxy) is 1.